The minimum Gasteiger partial charge on any atom is -0.312 e. The summed E-state index contributed by atoms with van der Waals surface area (Å²) in [6, 6.07) is 8.33. The van der Waals surface area contributed by atoms with Crippen molar-refractivity contribution in [1.29, 1.82) is 0 Å². The largest absolute Gasteiger partial charge is 0.312 e. The van der Waals surface area contributed by atoms with E-state index < -0.39 is 0 Å². The molecule has 1 amide bonds. The molecule has 100 valence electrons. The molecule has 0 spiro atoms. The molecule has 0 N–H and O–H groups in total. The molecule has 0 aliphatic rings. The van der Waals surface area contributed by atoms with Crippen molar-refractivity contribution in [2.45, 2.75) is 47.0 Å². The van der Waals surface area contributed by atoms with Crippen LogP contribution in [0.4, 0.5) is 5.69 Å². The molecule has 2 nitrogen and oxygen atoms in total. The summed E-state index contributed by atoms with van der Waals surface area (Å²) in [7, 11) is 0. The summed E-state index contributed by atoms with van der Waals surface area (Å²) in [5.74, 6) is 0.267. The second-order valence-corrected chi connectivity index (χ2v) is 5.02. The van der Waals surface area contributed by atoms with Crippen molar-refractivity contribution in [3.8, 4) is 0 Å². The van der Waals surface area contributed by atoms with Crippen LogP contribution < -0.4 is 4.90 Å². The Labute approximate surface area is 111 Å². The number of anilines is 1. The van der Waals surface area contributed by atoms with Crippen molar-refractivity contribution in [3.05, 3.63) is 29.8 Å². The molecule has 1 rings (SSSR count). The predicted octanol–water partition coefficient (Wildman–Crippen LogP) is 4.04. The van der Waals surface area contributed by atoms with Crippen molar-refractivity contribution in [3.63, 3.8) is 0 Å². The predicted molar refractivity (Wildman–Crippen MR) is 77.9 cm³/mol. The number of hydrogen-bond acceptors (Lipinski definition) is 1. The van der Waals surface area contributed by atoms with Crippen molar-refractivity contribution in [2.75, 3.05) is 11.4 Å². The molecule has 1 aromatic rings. The highest BCUT2D eigenvalue weighted by molar-refractivity contribution is 5.94. The zero-order chi connectivity index (χ0) is 13.5. The SMILES string of the molecule is CCCCN(C(=O)C(C)C)c1cccc(CC)c1. The van der Waals surface area contributed by atoms with Gasteiger partial charge in [-0.15, -0.1) is 0 Å². The number of carbonyl (C=O) groups is 1. The first-order valence-corrected chi connectivity index (χ1v) is 7.00. The fourth-order valence-corrected chi connectivity index (χ4v) is 1.94. The number of nitrogens with zero attached hydrogens (tertiary/aromatic N) is 1. The van der Waals surface area contributed by atoms with Crippen LogP contribution in [0.3, 0.4) is 0 Å². The van der Waals surface area contributed by atoms with E-state index in [0.717, 1.165) is 31.5 Å². The highest BCUT2D eigenvalue weighted by Crippen LogP contribution is 2.19. The van der Waals surface area contributed by atoms with E-state index in [1.165, 1.54) is 5.56 Å². The fourth-order valence-electron chi connectivity index (χ4n) is 1.94. The normalized spacial score (nSPS) is 10.7. The van der Waals surface area contributed by atoms with Gasteiger partial charge in [-0.3, -0.25) is 4.79 Å². The summed E-state index contributed by atoms with van der Waals surface area (Å²) < 4.78 is 0. The lowest BCUT2D eigenvalue weighted by molar-refractivity contribution is -0.121. The van der Waals surface area contributed by atoms with E-state index in [2.05, 4.69) is 26.0 Å². The number of benzene rings is 1. The van der Waals surface area contributed by atoms with Crippen LogP contribution in [0.2, 0.25) is 0 Å². The van der Waals surface area contributed by atoms with Crippen LogP contribution in [0.15, 0.2) is 24.3 Å². The molecule has 0 saturated carbocycles. The first kappa shape index (κ1) is 14.7. The minimum atomic E-state index is 0.0483. The van der Waals surface area contributed by atoms with Gasteiger partial charge < -0.3 is 4.90 Å². The van der Waals surface area contributed by atoms with E-state index in [-0.39, 0.29) is 11.8 Å². The molecule has 0 aliphatic carbocycles. The second kappa shape index (κ2) is 7.20. The quantitative estimate of drug-likeness (QED) is 0.743. The third-order valence-corrected chi connectivity index (χ3v) is 3.13. The van der Waals surface area contributed by atoms with Gasteiger partial charge in [-0.25, -0.2) is 0 Å². The average molecular weight is 247 g/mol. The van der Waals surface area contributed by atoms with Gasteiger partial charge in [0.05, 0.1) is 0 Å². The zero-order valence-electron chi connectivity index (χ0n) is 12.1. The van der Waals surface area contributed by atoms with Crippen LogP contribution in [0.1, 0.15) is 46.1 Å². The molecule has 0 radical (unpaired) electrons. The molecule has 0 fully saturated rings. The summed E-state index contributed by atoms with van der Waals surface area (Å²) in [6.07, 6.45) is 3.16. The van der Waals surface area contributed by atoms with E-state index >= 15 is 0 Å². The van der Waals surface area contributed by atoms with Gasteiger partial charge in [-0.1, -0.05) is 46.2 Å². The van der Waals surface area contributed by atoms with Crippen LogP contribution in [0.5, 0.6) is 0 Å². The van der Waals surface area contributed by atoms with Crippen LogP contribution in [-0.2, 0) is 11.2 Å². The van der Waals surface area contributed by atoms with Crippen LogP contribution in [0, 0.1) is 5.92 Å². The van der Waals surface area contributed by atoms with Gasteiger partial charge in [-0.2, -0.15) is 0 Å². The molecule has 0 aromatic heterocycles. The molecule has 0 aliphatic heterocycles. The molecule has 2 heteroatoms. The molecule has 0 heterocycles. The van der Waals surface area contributed by atoms with E-state index in [4.69, 9.17) is 0 Å². The summed E-state index contributed by atoms with van der Waals surface area (Å²) in [6.45, 7) is 9.04. The van der Waals surface area contributed by atoms with Gasteiger partial charge in [0, 0.05) is 18.2 Å². The molecule has 18 heavy (non-hydrogen) atoms. The Morgan fingerprint density at radius 1 is 1.28 bits per heavy atom. The molecular weight excluding hydrogens is 222 g/mol. The van der Waals surface area contributed by atoms with Gasteiger partial charge >= 0.3 is 0 Å². The van der Waals surface area contributed by atoms with Gasteiger partial charge in [0.1, 0.15) is 0 Å². The lowest BCUT2D eigenvalue weighted by Gasteiger charge is -2.25. The van der Waals surface area contributed by atoms with E-state index in [0.29, 0.717) is 0 Å². The molecule has 0 atom stereocenters. The fraction of sp³-hybridized carbons (Fsp3) is 0.562. The zero-order valence-corrected chi connectivity index (χ0v) is 12.1. The van der Waals surface area contributed by atoms with Crippen molar-refractivity contribution >= 4 is 11.6 Å². The number of amides is 1. The maximum absolute atomic E-state index is 12.3. The Hall–Kier alpha value is -1.31. The summed E-state index contributed by atoms with van der Waals surface area (Å²) >= 11 is 0. The van der Waals surface area contributed by atoms with E-state index in [1.807, 2.05) is 30.9 Å². The second-order valence-electron chi connectivity index (χ2n) is 5.02. The first-order chi connectivity index (χ1) is 8.60. The number of hydrogen-bond donors (Lipinski definition) is 0. The van der Waals surface area contributed by atoms with Gasteiger partial charge in [0.25, 0.3) is 0 Å². The molecule has 1 aromatic carbocycles. The number of aryl methyl sites for hydroxylation is 1. The van der Waals surface area contributed by atoms with Gasteiger partial charge in [-0.05, 0) is 30.5 Å². The smallest absolute Gasteiger partial charge is 0.229 e. The van der Waals surface area contributed by atoms with E-state index in [9.17, 15) is 4.79 Å². The average Bonchev–Trinajstić information content (AvgIpc) is 2.39. The first-order valence-electron chi connectivity index (χ1n) is 7.00. The highest BCUT2D eigenvalue weighted by atomic mass is 16.2. The van der Waals surface area contributed by atoms with E-state index in [1.54, 1.807) is 0 Å². The Bertz CT molecular complexity index is 384. The van der Waals surface area contributed by atoms with Crippen molar-refractivity contribution in [2.24, 2.45) is 5.92 Å². The molecule has 0 unspecified atom stereocenters. The molecule has 0 bridgehead atoms. The maximum Gasteiger partial charge on any atom is 0.229 e. The lowest BCUT2D eigenvalue weighted by atomic mass is 10.1. The minimum absolute atomic E-state index is 0.0483. The summed E-state index contributed by atoms with van der Waals surface area (Å²) in [5.41, 5.74) is 2.33. The molecule has 0 saturated heterocycles. The lowest BCUT2D eigenvalue weighted by Crippen LogP contribution is -2.35. The number of unbranched alkanes of at least 4 members (excludes halogenated alkanes) is 1. The highest BCUT2D eigenvalue weighted by Gasteiger charge is 2.18. The Kier molecular flexibility index (Phi) is 5.90. The van der Waals surface area contributed by atoms with Crippen LogP contribution in [0.25, 0.3) is 0 Å². The molecular formula is C16H25NO. The topological polar surface area (TPSA) is 20.3 Å². The van der Waals surface area contributed by atoms with Crippen LogP contribution in [-0.4, -0.2) is 12.5 Å². The number of rotatable bonds is 6. The maximum atomic E-state index is 12.3. The number of carbonyl (C=O) groups excluding carboxylic acids is 1. The third-order valence-electron chi connectivity index (χ3n) is 3.13. The van der Waals surface area contributed by atoms with Crippen LogP contribution >= 0.6 is 0 Å². The summed E-state index contributed by atoms with van der Waals surface area (Å²) in [5, 5.41) is 0. The summed E-state index contributed by atoms with van der Waals surface area (Å²) in [4.78, 5) is 14.2. The van der Waals surface area contributed by atoms with Gasteiger partial charge in [0.15, 0.2) is 0 Å². The standard InChI is InChI=1S/C16H25NO/c1-5-7-11-17(16(18)13(3)4)15-10-8-9-14(6-2)12-15/h8-10,12-13H,5-7,11H2,1-4H3. The Balaban J connectivity index is 2.96. The third kappa shape index (κ3) is 3.86. The Morgan fingerprint density at radius 3 is 2.56 bits per heavy atom. The van der Waals surface area contributed by atoms with Gasteiger partial charge in [0.2, 0.25) is 5.91 Å². The van der Waals surface area contributed by atoms with Crippen molar-refractivity contribution < 1.29 is 4.79 Å². The van der Waals surface area contributed by atoms with Crippen molar-refractivity contribution in [1.82, 2.24) is 0 Å². The Morgan fingerprint density at radius 2 is 2.00 bits per heavy atom. The monoisotopic (exact) mass is 247 g/mol.